The van der Waals surface area contributed by atoms with Crippen molar-refractivity contribution in [3.05, 3.63) is 69.2 Å². The van der Waals surface area contributed by atoms with Crippen LogP contribution < -0.4 is 5.32 Å². The molecule has 0 aromatic heterocycles. The van der Waals surface area contributed by atoms with E-state index in [1.165, 1.54) is 5.56 Å². The molecule has 2 nitrogen and oxygen atoms in total. The summed E-state index contributed by atoms with van der Waals surface area (Å²) >= 11 is 3.45. The van der Waals surface area contributed by atoms with Gasteiger partial charge < -0.3 is 5.32 Å². The van der Waals surface area contributed by atoms with Crippen LogP contribution in [0, 0.1) is 6.92 Å². The van der Waals surface area contributed by atoms with Crippen molar-refractivity contribution < 1.29 is 4.79 Å². The molecule has 110 valence electrons. The number of rotatable bonds is 4. The first-order valence-electron chi connectivity index (χ1n) is 7.17. The van der Waals surface area contributed by atoms with Crippen molar-refractivity contribution in [1.29, 1.82) is 0 Å². The summed E-state index contributed by atoms with van der Waals surface area (Å²) in [5.74, 6) is -0.0438. The van der Waals surface area contributed by atoms with E-state index in [4.69, 9.17) is 0 Å². The van der Waals surface area contributed by atoms with Crippen LogP contribution >= 0.6 is 15.9 Å². The normalized spacial score (nSPS) is 12.0. The van der Waals surface area contributed by atoms with Gasteiger partial charge in [0.25, 0.3) is 5.91 Å². The van der Waals surface area contributed by atoms with Crippen LogP contribution in [0.25, 0.3) is 0 Å². The molecule has 0 saturated heterocycles. The Kier molecular flexibility index (Phi) is 5.18. The number of benzene rings is 2. The van der Waals surface area contributed by atoms with Crippen LogP contribution in [0.4, 0.5) is 0 Å². The van der Waals surface area contributed by atoms with Crippen molar-refractivity contribution in [3.8, 4) is 0 Å². The van der Waals surface area contributed by atoms with E-state index in [0.29, 0.717) is 5.56 Å². The molecule has 2 aromatic rings. The number of carbonyl (C=O) groups is 1. The van der Waals surface area contributed by atoms with Crippen LogP contribution in [0.5, 0.6) is 0 Å². The quantitative estimate of drug-likeness (QED) is 0.846. The van der Waals surface area contributed by atoms with Gasteiger partial charge in [-0.15, -0.1) is 0 Å². The van der Waals surface area contributed by atoms with Crippen molar-refractivity contribution in [2.24, 2.45) is 0 Å². The molecule has 0 saturated carbocycles. The lowest BCUT2D eigenvalue weighted by molar-refractivity contribution is 0.0940. The van der Waals surface area contributed by atoms with E-state index >= 15 is 0 Å². The van der Waals surface area contributed by atoms with Crippen LogP contribution in [0.3, 0.4) is 0 Å². The van der Waals surface area contributed by atoms with Crippen molar-refractivity contribution in [1.82, 2.24) is 5.32 Å². The molecule has 2 rings (SSSR count). The minimum atomic E-state index is -0.0438. The van der Waals surface area contributed by atoms with Gasteiger partial charge in [-0.3, -0.25) is 4.79 Å². The van der Waals surface area contributed by atoms with E-state index in [1.54, 1.807) is 0 Å². The van der Waals surface area contributed by atoms with Crippen LogP contribution in [0.15, 0.2) is 46.9 Å². The molecule has 3 heteroatoms. The largest absolute Gasteiger partial charge is 0.346 e. The Morgan fingerprint density at radius 3 is 2.43 bits per heavy atom. The molecule has 0 heterocycles. The van der Waals surface area contributed by atoms with Gasteiger partial charge in [0.05, 0.1) is 6.04 Å². The number of nitrogens with one attached hydrogen (secondary N) is 1. The highest BCUT2D eigenvalue weighted by molar-refractivity contribution is 9.10. The summed E-state index contributed by atoms with van der Waals surface area (Å²) in [6.07, 6.45) is 1.03. The third kappa shape index (κ3) is 3.94. The first-order chi connectivity index (χ1) is 10.0. The first kappa shape index (κ1) is 15.8. The molecule has 0 bridgehead atoms. The van der Waals surface area contributed by atoms with Crippen LogP contribution in [-0.2, 0) is 6.42 Å². The highest BCUT2D eigenvalue weighted by Gasteiger charge is 2.12. The van der Waals surface area contributed by atoms with Crippen LogP contribution in [0.2, 0.25) is 0 Å². The van der Waals surface area contributed by atoms with Gasteiger partial charge in [0.1, 0.15) is 0 Å². The number of carbonyl (C=O) groups excluding carboxylic acids is 1. The Labute approximate surface area is 134 Å². The minimum absolute atomic E-state index is 0.00707. The monoisotopic (exact) mass is 345 g/mol. The fraction of sp³-hybridized carbons (Fsp3) is 0.278. The summed E-state index contributed by atoms with van der Waals surface area (Å²) in [5, 5.41) is 3.04. The third-order valence-corrected chi connectivity index (χ3v) is 4.55. The average Bonchev–Trinajstić information content (AvgIpc) is 2.50. The van der Waals surface area contributed by atoms with Gasteiger partial charge in [0.2, 0.25) is 0 Å². The van der Waals surface area contributed by atoms with E-state index in [2.05, 4.69) is 52.4 Å². The molecule has 1 atom stereocenters. The van der Waals surface area contributed by atoms with E-state index in [9.17, 15) is 4.79 Å². The molecule has 1 amide bonds. The van der Waals surface area contributed by atoms with Gasteiger partial charge in [-0.2, -0.15) is 0 Å². The molecule has 0 aliphatic heterocycles. The summed E-state index contributed by atoms with van der Waals surface area (Å²) < 4.78 is 1.02. The maximum Gasteiger partial charge on any atom is 0.251 e. The van der Waals surface area contributed by atoms with E-state index in [1.807, 2.05) is 32.0 Å². The van der Waals surface area contributed by atoms with Gasteiger partial charge in [-0.25, -0.2) is 0 Å². The van der Waals surface area contributed by atoms with Crippen molar-refractivity contribution in [2.75, 3.05) is 0 Å². The molecule has 0 aliphatic carbocycles. The minimum Gasteiger partial charge on any atom is -0.346 e. The summed E-state index contributed by atoms with van der Waals surface area (Å²) in [5.41, 5.74) is 4.17. The Balaban J connectivity index is 2.08. The predicted octanol–water partition coefficient (Wildman–Crippen LogP) is 4.81. The second kappa shape index (κ2) is 6.90. The molecule has 0 radical (unpaired) electrons. The average molecular weight is 346 g/mol. The van der Waals surface area contributed by atoms with Crippen LogP contribution in [0.1, 0.15) is 46.9 Å². The zero-order valence-corrected chi connectivity index (χ0v) is 14.2. The SMILES string of the molecule is CCc1ccc(C(C)NC(=O)c2ccc(Br)c(C)c2)cc1. The Hall–Kier alpha value is -1.61. The fourth-order valence-electron chi connectivity index (χ4n) is 2.19. The Morgan fingerprint density at radius 1 is 1.19 bits per heavy atom. The Morgan fingerprint density at radius 2 is 1.86 bits per heavy atom. The number of aryl methyl sites for hydroxylation is 2. The summed E-state index contributed by atoms with van der Waals surface area (Å²) in [6.45, 7) is 6.12. The first-order valence-corrected chi connectivity index (χ1v) is 7.96. The second-order valence-corrected chi connectivity index (χ2v) is 6.11. The number of hydrogen-bond acceptors (Lipinski definition) is 1. The van der Waals surface area contributed by atoms with Crippen molar-refractivity contribution in [3.63, 3.8) is 0 Å². The predicted molar refractivity (Wildman–Crippen MR) is 90.6 cm³/mol. The molecular formula is C18H20BrNO. The van der Waals surface area contributed by atoms with Crippen molar-refractivity contribution >= 4 is 21.8 Å². The van der Waals surface area contributed by atoms with E-state index < -0.39 is 0 Å². The van der Waals surface area contributed by atoms with Gasteiger partial charge in [-0.1, -0.05) is 47.1 Å². The standard InChI is InChI=1S/C18H20BrNO/c1-4-14-5-7-15(8-6-14)13(3)20-18(21)16-9-10-17(19)12(2)11-16/h5-11,13H,4H2,1-3H3,(H,20,21). The summed E-state index contributed by atoms with van der Waals surface area (Å²) in [4.78, 5) is 12.3. The maximum absolute atomic E-state index is 12.3. The topological polar surface area (TPSA) is 29.1 Å². The lowest BCUT2D eigenvalue weighted by Crippen LogP contribution is -2.26. The number of hydrogen-bond donors (Lipinski definition) is 1. The smallest absolute Gasteiger partial charge is 0.251 e. The molecule has 0 aliphatic rings. The van der Waals surface area contributed by atoms with Crippen LogP contribution in [-0.4, -0.2) is 5.91 Å². The maximum atomic E-state index is 12.3. The molecule has 1 unspecified atom stereocenters. The molecule has 1 N–H and O–H groups in total. The van der Waals surface area contributed by atoms with Gasteiger partial charge in [0, 0.05) is 10.0 Å². The van der Waals surface area contributed by atoms with E-state index in [-0.39, 0.29) is 11.9 Å². The lowest BCUT2D eigenvalue weighted by Gasteiger charge is -2.15. The zero-order valence-electron chi connectivity index (χ0n) is 12.6. The van der Waals surface area contributed by atoms with E-state index in [0.717, 1.165) is 22.0 Å². The third-order valence-electron chi connectivity index (χ3n) is 3.66. The zero-order chi connectivity index (χ0) is 15.4. The lowest BCUT2D eigenvalue weighted by atomic mass is 10.0. The van der Waals surface area contributed by atoms with Gasteiger partial charge in [0.15, 0.2) is 0 Å². The molecule has 0 fully saturated rings. The molecule has 21 heavy (non-hydrogen) atoms. The molecule has 0 spiro atoms. The highest BCUT2D eigenvalue weighted by atomic mass is 79.9. The Bertz CT molecular complexity index is 634. The summed E-state index contributed by atoms with van der Waals surface area (Å²) in [6, 6.07) is 14.0. The summed E-state index contributed by atoms with van der Waals surface area (Å²) in [7, 11) is 0. The highest BCUT2D eigenvalue weighted by Crippen LogP contribution is 2.18. The fourth-order valence-corrected chi connectivity index (χ4v) is 2.44. The van der Waals surface area contributed by atoms with Gasteiger partial charge >= 0.3 is 0 Å². The van der Waals surface area contributed by atoms with Gasteiger partial charge in [-0.05, 0) is 55.2 Å². The van der Waals surface area contributed by atoms with Crippen molar-refractivity contribution in [2.45, 2.75) is 33.2 Å². The molecular weight excluding hydrogens is 326 g/mol. The second-order valence-electron chi connectivity index (χ2n) is 5.25. The number of amides is 1. The number of halogens is 1. The molecule has 2 aromatic carbocycles.